The molecular formula is C12H16N6O3. The third kappa shape index (κ3) is 2.14. The van der Waals surface area contributed by atoms with E-state index < -0.39 is 0 Å². The molecule has 2 aliphatic rings. The number of hydrogen-bond acceptors (Lipinski definition) is 5. The summed E-state index contributed by atoms with van der Waals surface area (Å²) in [6.45, 7) is 3.24. The van der Waals surface area contributed by atoms with Gasteiger partial charge in [-0.1, -0.05) is 0 Å². The molecule has 3 rings (SSSR count). The molecule has 112 valence electrons. The fourth-order valence-electron chi connectivity index (χ4n) is 2.55. The first-order chi connectivity index (χ1) is 10.0. The van der Waals surface area contributed by atoms with Gasteiger partial charge in [0.2, 0.25) is 5.91 Å². The molecule has 1 N–H and O–H groups in total. The van der Waals surface area contributed by atoms with Crippen LogP contribution in [0.15, 0.2) is 9.90 Å². The van der Waals surface area contributed by atoms with Crippen LogP contribution in [0.4, 0.5) is 0 Å². The lowest BCUT2D eigenvalue weighted by Gasteiger charge is -2.38. The Morgan fingerprint density at radius 1 is 1.38 bits per heavy atom. The lowest BCUT2D eigenvalue weighted by atomic mass is 9.98. The predicted molar refractivity (Wildman–Crippen MR) is 72.6 cm³/mol. The quantitative estimate of drug-likeness (QED) is 0.743. The maximum Gasteiger partial charge on any atom is 0.343 e. The van der Waals surface area contributed by atoms with Gasteiger partial charge >= 0.3 is 5.69 Å². The Morgan fingerprint density at radius 3 is 2.62 bits per heavy atom. The molecule has 0 radical (unpaired) electrons. The summed E-state index contributed by atoms with van der Waals surface area (Å²) >= 11 is 0. The minimum Gasteiger partial charge on any atom is -0.336 e. The normalized spacial score (nSPS) is 19.0. The number of aromatic amines is 1. The molecule has 0 aromatic carbocycles. The minimum atomic E-state index is -0.265. The van der Waals surface area contributed by atoms with Crippen molar-refractivity contribution in [3.8, 4) is 0 Å². The van der Waals surface area contributed by atoms with E-state index in [0.717, 1.165) is 0 Å². The minimum absolute atomic E-state index is 0.0397. The van der Waals surface area contributed by atoms with Crippen LogP contribution in [-0.4, -0.2) is 61.8 Å². The molecule has 2 aliphatic heterocycles. The van der Waals surface area contributed by atoms with E-state index in [4.69, 9.17) is 0 Å². The zero-order valence-corrected chi connectivity index (χ0v) is 11.9. The van der Waals surface area contributed by atoms with Crippen molar-refractivity contribution in [3.63, 3.8) is 0 Å². The lowest BCUT2D eigenvalue weighted by Crippen LogP contribution is -2.51. The number of rotatable bonds is 3. The van der Waals surface area contributed by atoms with Gasteiger partial charge in [0, 0.05) is 26.7 Å². The van der Waals surface area contributed by atoms with Crippen molar-refractivity contribution in [3.05, 3.63) is 16.3 Å². The third-order valence-corrected chi connectivity index (χ3v) is 3.84. The van der Waals surface area contributed by atoms with E-state index in [2.05, 4.69) is 15.3 Å². The molecule has 0 saturated carbocycles. The molecule has 2 amide bonds. The predicted octanol–water partition coefficient (Wildman–Crippen LogP) is -1.36. The standard InChI is InChI=1S/C12H16N6O3/c1-3-18-9(19)4-8(15-18)11(20)17-5-7(6-17)10-13-14-12(21)16(10)2/h7H,3-6H2,1-2H3,(H,14,21). The lowest BCUT2D eigenvalue weighted by molar-refractivity contribution is -0.130. The van der Waals surface area contributed by atoms with E-state index >= 15 is 0 Å². The Labute approximate surface area is 120 Å². The number of nitrogens with zero attached hydrogens (tertiary/aromatic N) is 5. The van der Waals surface area contributed by atoms with Crippen molar-refractivity contribution in [1.82, 2.24) is 24.7 Å². The van der Waals surface area contributed by atoms with Gasteiger partial charge in [-0.3, -0.25) is 14.2 Å². The molecule has 0 spiro atoms. The van der Waals surface area contributed by atoms with Crippen LogP contribution in [0.3, 0.4) is 0 Å². The molecule has 9 heteroatoms. The number of H-pyrrole nitrogens is 1. The second-order valence-electron chi connectivity index (χ2n) is 5.19. The van der Waals surface area contributed by atoms with Crippen molar-refractivity contribution in [2.24, 2.45) is 12.1 Å². The number of nitrogens with one attached hydrogen (secondary N) is 1. The number of carbonyl (C=O) groups is 2. The SMILES string of the molecule is CCN1N=C(C(=O)N2CC(c3n[nH]c(=O)n3C)C2)CC1=O. The smallest absolute Gasteiger partial charge is 0.336 e. The van der Waals surface area contributed by atoms with Crippen LogP contribution in [0.1, 0.15) is 25.1 Å². The van der Waals surface area contributed by atoms with Crippen molar-refractivity contribution >= 4 is 17.5 Å². The number of hydrazone groups is 1. The van der Waals surface area contributed by atoms with E-state index in [1.807, 2.05) is 6.92 Å². The summed E-state index contributed by atoms with van der Waals surface area (Å²) in [5.41, 5.74) is 0.0235. The first-order valence-corrected chi connectivity index (χ1v) is 6.79. The summed E-state index contributed by atoms with van der Waals surface area (Å²) in [5.74, 6) is 0.324. The van der Waals surface area contributed by atoms with Crippen LogP contribution >= 0.6 is 0 Å². The first-order valence-electron chi connectivity index (χ1n) is 6.79. The topological polar surface area (TPSA) is 104 Å². The van der Waals surface area contributed by atoms with E-state index in [-0.39, 0.29) is 35.6 Å². The van der Waals surface area contributed by atoms with E-state index in [9.17, 15) is 14.4 Å². The Kier molecular flexibility index (Phi) is 3.11. The van der Waals surface area contributed by atoms with Crippen LogP contribution < -0.4 is 5.69 Å². The average molecular weight is 292 g/mol. The summed E-state index contributed by atoms with van der Waals surface area (Å²) in [5, 5.41) is 11.7. The fraction of sp³-hybridized carbons (Fsp3) is 0.583. The van der Waals surface area contributed by atoms with Gasteiger partial charge in [0.15, 0.2) is 0 Å². The van der Waals surface area contributed by atoms with Crippen molar-refractivity contribution < 1.29 is 9.59 Å². The number of amides is 2. The highest BCUT2D eigenvalue weighted by atomic mass is 16.2. The molecule has 1 aromatic heterocycles. The first kappa shape index (κ1) is 13.5. The van der Waals surface area contributed by atoms with E-state index in [1.54, 1.807) is 11.9 Å². The zero-order chi connectivity index (χ0) is 15.1. The van der Waals surface area contributed by atoms with Crippen molar-refractivity contribution in [2.75, 3.05) is 19.6 Å². The number of aromatic nitrogens is 3. The highest BCUT2D eigenvalue weighted by Crippen LogP contribution is 2.25. The Hall–Kier alpha value is -2.45. The van der Waals surface area contributed by atoms with E-state index in [1.165, 1.54) is 9.58 Å². The largest absolute Gasteiger partial charge is 0.343 e. The molecule has 0 aliphatic carbocycles. The van der Waals surface area contributed by atoms with Gasteiger partial charge in [0.25, 0.3) is 5.91 Å². The van der Waals surface area contributed by atoms with Crippen LogP contribution in [0.5, 0.6) is 0 Å². The van der Waals surface area contributed by atoms with Gasteiger partial charge in [-0.05, 0) is 6.92 Å². The number of hydrogen-bond donors (Lipinski definition) is 1. The molecule has 3 heterocycles. The molecule has 0 atom stereocenters. The molecule has 1 saturated heterocycles. The molecule has 21 heavy (non-hydrogen) atoms. The second-order valence-corrected chi connectivity index (χ2v) is 5.19. The zero-order valence-electron chi connectivity index (χ0n) is 11.9. The molecule has 0 unspecified atom stereocenters. The van der Waals surface area contributed by atoms with Gasteiger partial charge < -0.3 is 4.90 Å². The van der Waals surface area contributed by atoms with Crippen LogP contribution in [0, 0.1) is 0 Å². The molecular weight excluding hydrogens is 276 g/mol. The van der Waals surface area contributed by atoms with Crippen molar-refractivity contribution in [1.29, 1.82) is 0 Å². The number of carbonyl (C=O) groups excluding carboxylic acids is 2. The summed E-state index contributed by atoms with van der Waals surface area (Å²) in [4.78, 5) is 36.7. The van der Waals surface area contributed by atoms with Gasteiger partial charge in [-0.15, -0.1) is 0 Å². The highest BCUT2D eigenvalue weighted by Gasteiger charge is 2.38. The van der Waals surface area contributed by atoms with E-state index in [0.29, 0.717) is 25.5 Å². The third-order valence-electron chi connectivity index (χ3n) is 3.84. The average Bonchev–Trinajstić information content (AvgIpc) is 2.94. The Morgan fingerprint density at radius 2 is 2.10 bits per heavy atom. The highest BCUT2D eigenvalue weighted by molar-refractivity contribution is 6.43. The molecule has 9 nitrogen and oxygen atoms in total. The Bertz CT molecular complexity index is 681. The maximum atomic E-state index is 12.2. The molecule has 1 aromatic rings. The van der Waals surface area contributed by atoms with Crippen LogP contribution in [0.2, 0.25) is 0 Å². The second kappa shape index (κ2) is 4.83. The summed E-state index contributed by atoms with van der Waals surface area (Å²) < 4.78 is 1.45. The van der Waals surface area contributed by atoms with Gasteiger partial charge in [0.1, 0.15) is 11.5 Å². The monoisotopic (exact) mass is 292 g/mol. The van der Waals surface area contributed by atoms with Crippen LogP contribution in [-0.2, 0) is 16.6 Å². The molecule has 1 fully saturated rings. The fourth-order valence-corrected chi connectivity index (χ4v) is 2.55. The van der Waals surface area contributed by atoms with Gasteiger partial charge in [0.05, 0.1) is 12.3 Å². The maximum absolute atomic E-state index is 12.2. The summed E-state index contributed by atoms with van der Waals surface area (Å²) in [7, 11) is 1.64. The summed E-state index contributed by atoms with van der Waals surface area (Å²) in [6, 6.07) is 0. The summed E-state index contributed by atoms with van der Waals surface area (Å²) in [6.07, 6.45) is 0.0642. The van der Waals surface area contributed by atoms with Crippen molar-refractivity contribution in [2.45, 2.75) is 19.3 Å². The Balaban J connectivity index is 1.64. The van der Waals surface area contributed by atoms with Gasteiger partial charge in [-0.2, -0.15) is 10.2 Å². The molecule has 0 bridgehead atoms. The van der Waals surface area contributed by atoms with Gasteiger partial charge in [-0.25, -0.2) is 14.9 Å². The number of likely N-dealkylation sites (tertiary alicyclic amines) is 1. The van der Waals surface area contributed by atoms with Crippen LogP contribution in [0.25, 0.3) is 0 Å².